The molecule has 0 aromatic rings. The summed E-state index contributed by atoms with van der Waals surface area (Å²) in [6, 6.07) is 0. The van der Waals surface area contributed by atoms with E-state index in [4.69, 9.17) is 4.74 Å². The van der Waals surface area contributed by atoms with Crippen molar-refractivity contribution in [1.29, 1.82) is 0 Å². The molecule has 1 unspecified atom stereocenters. The molecule has 1 atom stereocenters. The third kappa shape index (κ3) is 4.42. The van der Waals surface area contributed by atoms with Gasteiger partial charge in [0.25, 0.3) is 0 Å². The Morgan fingerprint density at radius 1 is 1.50 bits per heavy atom. The van der Waals surface area contributed by atoms with Crippen LogP contribution in [0, 0.1) is 11.8 Å². The summed E-state index contributed by atoms with van der Waals surface area (Å²) in [7, 11) is 0. The Morgan fingerprint density at radius 2 is 2.25 bits per heavy atom. The highest BCUT2D eigenvalue weighted by molar-refractivity contribution is 5.67. The number of piperidine rings is 1. The topological polar surface area (TPSA) is 29.5 Å². The molecule has 0 bridgehead atoms. The fourth-order valence-corrected chi connectivity index (χ4v) is 2.20. The highest BCUT2D eigenvalue weighted by atomic mass is 16.6. The van der Waals surface area contributed by atoms with E-state index in [0.717, 1.165) is 19.5 Å². The van der Waals surface area contributed by atoms with Gasteiger partial charge >= 0.3 is 6.09 Å². The number of ether oxygens (including phenoxy) is 1. The Labute approximate surface area is 99.1 Å². The number of amides is 1. The summed E-state index contributed by atoms with van der Waals surface area (Å²) in [5.74, 6) is 1.10. The number of rotatable bonds is 4. The van der Waals surface area contributed by atoms with Crippen molar-refractivity contribution in [3.63, 3.8) is 0 Å². The average Bonchev–Trinajstić information content (AvgIpc) is 2.26. The summed E-state index contributed by atoms with van der Waals surface area (Å²) < 4.78 is 5.26. The molecular weight excluding hydrogens is 202 g/mol. The first-order valence-electron chi connectivity index (χ1n) is 6.55. The van der Waals surface area contributed by atoms with Crippen molar-refractivity contribution in [2.45, 2.75) is 46.5 Å². The predicted octanol–water partition coefficient (Wildman–Crippen LogP) is 3.29. The maximum absolute atomic E-state index is 11.8. The van der Waals surface area contributed by atoms with Gasteiger partial charge in [0, 0.05) is 13.1 Å². The molecule has 0 radical (unpaired) electrons. The van der Waals surface area contributed by atoms with E-state index in [0.29, 0.717) is 18.4 Å². The van der Waals surface area contributed by atoms with Crippen molar-refractivity contribution >= 4 is 6.09 Å². The minimum Gasteiger partial charge on any atom is -0.449 e. The molecule has 0 spiro atoms. The molecule has 3 heteroatoms. The van der Waals surface area contributed by atoms with Gasteiger partial charge in [-0.05, 0) is 31.1 Å². The molecule has 0 aromatic carbocycles. The zero-order chi connectivity index (χ0) is 12.0. The lowest BCUT2D eigenvalue weighted by molar-refractivity contribution is 0.0748. The number of hydrogen-bond donors (Lipinski definition) is 0. The van der Waals surface area contributed by atoms with Crippen LogP contribution in [0.4, 0.5) is 4.79 Å². The van der Waals surface area contributed by atoms with Crippen molar-refractivity contribution in [1.82, 2.24) is 4.90 Å². The second-order valence-electron chi connectivity index (χ2n) is 5.21. The molecule has 3 nitrogen and oxygen atoms in total. The van der Waals surface area contributed by atoms with Crippen LogP contribution in [0.25, 0.3) is 0 Å². The first-order valence-corrected chi connectivity index (χ1v) is 6.55. The largest absolute Gasteiger partial charge is 0.449 e. The lowest BCUT2D eigenvalue weighted by Gasteiger charge is -2.32. The van der Waals surface area contributed by atoms with Gasteiger partial charge < -0.3 is 9.64 Å². The zero-order valence-electron chi connectivity index (χ0n) is 10.9. The number of nitrogens with zero attached hydrogens (tertiary/aromatic N) is 1. The van der Waals surface area contributed by atoms with Crippen LogP contribution in [-0.4, -0.2) is 30.7 Å². The van der Waals surface area contributed by atoms with Gasteiger partial charge in [0.2, 0.25) is 0 Å². The van der Waals surface area contributed by atoms with Crippen molar-refractivity contribution < 1.29 is 9.53 Å². The predicted molar refractivity (Wildman–Crippen MR) is 65.4 cm³/mol. The van der Waals surface area contributed by atoms with Crippen molar-refractivity contribution in [2.75, 3.05) is 19.7 Å². The van der Waals surface area contributed by atoms with Crippen molar-refractivity contribution in [3.8, 4) is 0 Å². The fraction of sp³-hybridized carbons (Fsp3) is 0.923. The summed E-state index contributed by atoms with van der Waals surface area (Å²) in [5.41, 5.74) is 0. The van der Waals surface area contributed by atoms with E-state index >= 15 is 0 Å². The van der Waals surface area contributed by atoms with Crippen LogP contribution < -0.4 is 0 Å². The molecule has 1 fully saturated rings. The van der Waals surface area contributed by atoms with E-state index in [-0.39, 0.29) is 6.09 Å². The minimum atomic E-state index is -0.116. The van der Waals surface area contributed by atoms with Crippen molar-refractivity contribution in [3.05, 3.63) is 0 Å². The molecule has 0 aliphatic carbocycles. The number of hydrogen-bond acceptors (Lipinski definition) is 2. The second kappa shape index (κ2) is 6.77. The fourth-order valence-electron chi connectivity index (χ4n) is 2.20. The Balaban J connectivity index is 2.32. The molecule has 1 aliphatic heterocycles. The van der Waals surface area contributed by atoms with Gasteiger partial charge in [0.15, 0.2) is 0 Å². The summed E-state index contributed by atoms with van der Waals surface area (Å²) in [6.07, 6.45) is 4.71. The van der Waals surface area contributed by atoms with Gasteiger partial charge in [0.1, 0.15) is 0 Å². The lowest BCUT2D eigenvalue weighted by atomic mass is 9.94. The smallest absolute Gasteiger partial charge is 0.409 e. The SMILES string of the molecule is CCCC1CCCN(C(=O)OCC(C)C)C1. The Kier molecular flexibility index (Phi) is 5.64. The van der Waals surface area contributed by atoms with Crippen molar-refractivity contribution in [2.24, 2.45) is 11.8 Å². The molecular formula is C13H25NO2. The summed E-state index contributed by atoms with van der Waals surface area (Å²) in [6.45, 7) is 8.62. The summed E-state index contributed by atoms with van der Waals surface area (Å²) in [4.78, 5) is 13.6. The van der Waals surface area contributed by atoms with E-state index in [1.54, 1.807) is 0 Å². The third-order valence-corrected chi connectivity index (χ3v) is 3.01. The molecule has 0 saturated carbocycles. The van der Waals surface area contributed by atoms with E-state index in [1.807, 2.05) is 4.90 Å². The third-order valence-electron chi connectivity index (χ3n) is 3.01. The number of carbonyl (C=O) groups is 1. The minimum absolute atomic E-state index is 0.116. The monoisotopic (exact) mass is 227 g/mol. The van der Waals surface area contributed by atoms with Gasteiger partial charge in [-0.3, -0.25) is 0 Å². The Hall–Kier alpha value is -0.730. The van der Waals surface area contributed by atoms with Crippen LogP contribution >= 0.6 is 0 Å². The van der Waals surface area contributed by atoms with Crippen LogP contribution in [0.3, 0.4) is 0 Å². The van der Waals surface area contributed by atoms with Gasteiger partial charge in [-0.2, -0.15) is 0 Å². The number of carbonyl (C=O) groups excluding carboxylic acids is 1. The highest BCUT2D eigenvalue weighted by Crippen LogP contribution is 2.21. The van der Waals surface area contributed by atoms with Gasteiger partial charge in [-0.1, -0.05) is 27.2 Å². The molecule has 0 N–H and O–H groups in total. The van der Waals surface area contributed by atoms with Crippen LogP contribution in [0.15, 0.2) is 0 Å². The standard InChI is InChI=1S/C13H25NO2/c1-4-6-12-7-5-8-14(9-12)13(15)16-10-11(2)3/h11-12H,4-10H2,1-3H3. The highest BCUT2D eigenvalue weighted by Gasteiger charge is 2.23. The molecule has 1 amide bonds. The molecule has 1 saturated heterocycles. The zero-order valence-corrected chi connectivity index (χ0v) is 10.9. The summed E-state index contributed by atoms with van der Waals surface area (Å²) in [5, 5.41) is 0. The maximum atomic E-state index is 11.8. The first-order chi connectivity index (χ1) is 7.63. The molecule has 0 aromatic heterocycles. The van der Waals surface area contributed by atoms with Crippen LogP contribution in [-0.2, 0) is 4.74 Å². The molecule has 16 heavy (non-hydrogen) atoms. The van der Waals surface area contributed by atoms with E-state index < -0.39 is 0 Å². The molecule has 1 rings (SSSR count). The Bertz CT molecular complexity index is 214. The Morgan fingerprint density at radius 3 is 2.88 bits per heavy atom. The van der Waals surface area contributed by atoms with E-state index in [1.165, 1.54) is 19.3 Å². The maximum Gasteiger partial charge on any atom is 0.409 e. The van der Waals surface area contributed by atoms with Gasteiger partial charge in [-0.25, -0.2) is 4.79 Å². The van der Waals surface area contributed by atoms with Gasteiger partial charge in [0.05, 0.1) is 6.61 Å². The summed E-state index contributed by atoms with van der Waals surface area (Å²) >= 11 is 0. The normalized spacial score (nSPS) is 21.2. The molecule has 94 valence electrons. The number of likely N-dealkylation sites (tertiary alicyclic amines) is 1. The van der Waals surface area contributed by atoms with Crippen LogP contribution in [0.5, 0.6) is 0 Å². The average molecular weight is 227 g/mol. The quantitative estimate of drug-likeness (QED) is 0.737. The first kappa shape index (κ1) is 13.3. The lowest BCUT2D eigenvalue weighted by Crippen LogP contribution is -2.40. The van der Waals surface area contributed by atoms with E-state index in [2.05, 4.69) is 20.8 Å². The molecule has 1 heterocycles. The van der Waals surface area contributed by atoms with Gasteiger partial charge in [-0.15, -0.1) is 0 Å². The van der Waals surface area contributed by atoms with Crippen LogP contribution in [0.2, 0.25) is 0 Å². The van der Waals surface area contributed by atoms with Crippen LogP contribution in [0.1, 0.15) is 46.5 Å². The molecule has 1 aliphatic rings. The second-order valence-corrected chi connectivity index (χ2v) is 5.21. The van der Waals surface area contributed by atoms with E-state index in [9.17, 15) is 4.79 Å².